The zero-order valence-corrected chi connectivity index (χ0v) is 17.5. The summed E-state index contributed by atoms with van der Waals surface area (Å²) in [5.41, 5.74) is 3.29. The molecule has 154 valence electrons. The highest BCUT2D eigenvalue weighted by Gasteiger charge is 2.23. The molecule has 0 bridgehead atoms. The van der Waals surface area contributed by atoms with Gasteiger partial charge in [-0.15, -0.1) is 0 Å². The number of amides is 1. The topological polar surface area (TPSA) is 58.4 Å². The lowest BCUT2D eigenvalue weighted by Crippen LogP contribution is -2.49. The number of carbonyl (C=O) groups excluding carboxylic acids is 1. The van der Waals surface area contributed by atoms with Gasteiger partial charge in [-0.05, 0) is 42.8 Å². The van der Waals surface area contributed by atoms with Crippen LogP contribution in [0.5, 0.6) is 0 Å². The van der Waals surface area contributed by atoms with Crippen molar-refractivity contribution in [3.63, 3.8) is 0 Å². The minimum atomic E-state index is -0.223. The molecule has 4 rings (SSSR count). The van der Waals surface area contributed by atoms with Gasteiger partial charge in [-0.3, -0.25) is 9.59 Å². The number of aromatic nitrogens is 2. The zero-order chi connectivity index (χ0) is 21.1. The van der Waals surface area contributed by atoms with Gasteiger partial charge in [0.15, 0.2) is 0 Å². The fraction of sp³-hybridized carbons (Fsp3) is 0.261. The van der Waals surface area contributed by atoms with Crippen LogP contribution in [0.25, 0.3) is 0 Å². The Morgan fingerprint density at radius 1 is 0.933 bits per heavy atom. The number of aryl methyl sites for hydroxylation is 1. The van der Waals surface area contributed by atoms with Crippen LogP contribution in [-0.4, -0.2) is 46.8 Å². The largest absolute Gasteiger partial charge is 0.368 e. The van der Waals surface area contributed by atoms with Crippen LogP contribution >= 0.6 is 11.6 Å². The maximum atomic E-state index is 13.0. The molecule has 0 aliphatic carbocycles. The van der Waals surface area contributed by atoms with Crippen LogP contribution in [0.15, 0.2) is 65.5 Å². The highest BCUT2D eigenvalue weighted by atomic mass is 35.5. The second-order valence-electron chi connectivity index (χ2n) is 7.46. The second kappa shape index (κ2) is 8.71. The number of carbonyl (C=O) groups is 1. The second-order valence-corrected chi connectivity index (χ2v) is 7.89. The number of halogens is 1. The molecule has 1 aliphatic rings. The lowest BCUT2D eigenvalue weighted by Gasteiger charge is -2.36. The van der Waals surface area contributed by atoms with Crippen LogP contribution < -0.4 is 10.5 Å². The van der Waals surface area contributed by atoms with Crippen molar-refractivity contribution in [3.8, 4) is 0 Å². The summed E-state index contributed by atoms with van der Waals surface area (Å²) in [6, 6.07) is 18.6. The van der Waals surface area contributed by atoms with E-state index in [1.54, 1.807) is 4.90 Å². The Morgan fingerprint density at radius 2 is 1.60 bits per heavy atom. The van der Waals surface area contributed by atoms with E-state index in [0.717, 1.165) is 29.9 Å². The molecule has 0 saturated carbocycles. The first kappa shape index (κ1) is 20.2. The number of hydrogen-bond donors (Lipinski definition) is 0. The fourth-order valence-corrected chi connectivity index (χ4v) is 3.65. The summed E-state index contributed by atoms with van der Waals surface area (Å²) < 4.78 is 1.35. The molecule has 1 fully saturated rings. The predicted octanol–water partition coefficient (Wildman–Crippen LogP) is 3.22. The summed E-state index contributed by atoms with van der Waals surface area (Å²) in [6.45, 7) is 5.01. The van der Waals surface area contributed by atoms with Crippen molar-refractivity contribution in [2.45, 2.75) is 13.5 Å². The van der Waals surface area contributed by atoms with Gasteiger partial charge in [-0.25, -0.2) is 4.68 Å². The first-order valence-corrected chi connectivity index (χ1v) is 10.3. The van der Waals surface area contributed by atoms with Crippen LogP contribution in [0.1, 0.15) is 21.6 Å². The summed E-state index contributed by atoms with van der Waals surface area (Å²) in [5, 5.41) is 5.04. The molecule has 7 heteroatoms. The van der Waals surface area contributed by atoms with Crippen molar-refractivity contribution in [2.24, 2.45) is 0 Å². The van der Waals surface area contributed by atoms with Gasteiger partial charge in [0.25, 0.3) is 11.5 Å². The van der Waals surface area contributed by atoms with Crippen LogP contribution in [0, 0.1) is 6.92 Å². The molecule has 0 radical (unpaired) electrons. The van der Waals surface area contributed by atoms with Gasteiger partial charge in [0.05, 0.1) is 6.54 Å². The molecule has 1 saturated heterocycles. The van der Waals surface area contributed by atoms with E-state index in [2.05, 4.69) is 10.00 Å². The molecule has 2 aromatic carbocycles. The number of benzene rings is 2. The number of hydrogen-bond acceptors (Lipinski definition) is 4. The highest BCUT2D eigenvalue weighted by molar-refractivity contribution is 6.30. The lowest BCUT2D eigenvalue weighted by atomic mass is 10.1. The van der Waals surface area contributed by atoms with Gasteiger partial charge in [-0.1, -0.05) is 41.4 Å². The van der Waals surface area contributed by atoms with Crippen molar-refractivity contribution in [1.29, 1.82) is 0 Å². The van der Waals surface area contributed by atoms with Gasteiger partial charge < -0.3 is 9.80 Å². The maximum Gasteiger partial charge on any atom is 0.274 e. The van der Waals surface area contributed by atoms with Crippen molar-refractivity contribution < 1.29 is 4.79 Å². The third kappa shape index (κ3) is 4.54. The summed E-state index contributed by atoms with van der Waals surface area (Å²) in [6.07, 6.45) is 0. The molecular weight excluding hydrogens is 400 g/mol. The zero-order valence-electron chi connectivity index (χ0n) is 16.8. The molecule has 1 amide bonds. The summed E-state index contributed by atoms with van der Waals surface area (Å²) in [5.74, 6) is -0.150. The summed E-state index contributed by atoms with van der Waals surface area (Å²) in [7, 11) is 0. The van der Waals surface area contributed by atoms with Crippen LogP contribution in [0.2, 0.25) is 5.02 Å². The first-order valence-electron chi connectivity index (χ1n) is 9.93. The van der Waals surface area contributed by atoms with Crippen molar-refractivity contribution in [3.05, 3.63) is 92.9 Å². The molecular formula is C23H23ClN4O2. The quantitative estimate of drug-likeness (QED) is 0.647. The fourth-order valence-electron chi connectivity index (χ4n) is 3.52. The van der Waals surface area contributed by atoms with Crippen molar-refractivity contribution in [1.82, 2.24) is 14.7 Å². The van der Waals surface area contributed by atoms with Gasteiger partial charge >= 0.3 is 0 Å². The predicted molar refractivity (Wildman–Crippen MR) is 118 cm³/mol. The lowest BCUT2D eigenvalue weighted by molar-refractivity contribution is 0.0738. The van der Waals surface area contributed by atoms with E-state index in [9.17, 15) is 9.59 Å². The number of rotatable bonds is 4. The molecule has 0 unspecified atom stereocenters. The normalized spacial score (nSPS) is 14.1. The highest BCUT2D eigenvalue weighted by Crippen LogP contribution is 2.20. The number of piperazine rings is 1. The monoisotopic (exact) mass is 422 g/mol. The van der Waals surface area contributed by atoms with E-state index in [4.69, 9.17) is 11.6 Å². The molecule has 3 aromatic rings. The average molecular weight is 423 g/mol. The SMILES string of the molecule is Cc1ccc(Cn2nc(C(=O)N3CCN(c4ccc(Cl)cc4)CC3)ccc2=O)cc1. The van der Waals surface area contributed by atoms with Crippen LogP contribution in [-0.2, 0) is 6.54 Å². The molecule has 0 spiro atoms. The smallest absolute Gasteiger partial charge is 0.274 e. The Bertz CT molecular complexity index is 1090. The van der Waals surface area contributed by atoms with Gasteiger partial charge in [0, 0.05) is 43.0 Å². The minimum Gasteiger partial charge on any atom is -0.368 e. The Labute approximate surface area is 180 Å². The minimum absolute atomic E-state index is 0.150. The van der Waals surface area contributed by atoms with E-state index in [-0.39, 0.29) is 11.5 Å². The maximum absolute atomic E-state index is 13.0. The number of anilines is 1. The van der Waals surface area contributed by atoms with Gasteiger partial charge in [0.2, 0.25) is 0 Å². The molecule has 0 N–H and O–H groups in total. The summed E-state index contributed by atoms with van der Waals surface area (Å²) >= 11 is 5.96. The number of nitrogens with zero attached hydrogens (tertiary/aromatic N) is 4. The molecule has 1 aliphatic heterocycles. The van der Waals surface area contributed by atoms with Gasteiger partial charge in [-0.2, -0.15) is 5.10 Å². The Hall–Kier alpha value is -3.12. The molecule has 1 aromatic heterocycles. The van der Waals surface area contributed by atoms with E-state index < -0.39 is 0 Å². The van der Waals surface area contributed by atoms with Crippen LogP contribution in [0.3, 0.4) is 0 Å². The van der Waals surface area contributed by atoms with Gasteiger partial charge in [0.1, 0.15) is 5.69 Å². The van der Waals surface area contributed by atoms with E-state index in [0.29, 0.717) is 30.4 Å². The van der Waals surface area contributed by atoms with E-state index >= 15 is 0 Å². The molecule has 30 heavy (non-hydrogen) atoms. The average Bonchev–Trinajstić information content (AvgIpc) is 2.77. The Balaban J connectivity index is 1.44. The molecule has 6 nitrogen and oxygen atoms in total. The third-order valence-electron chi connectivity index (χ3n) is 5.30. The summed E-state index contributed by atoms with van der Waals surface area (Å²) in [4.78, 5) is 29.2. The first-order chi connectivity index (χ1) is 14.5. The molecule has 0 atom stereocenters. The molecule has 2 heterocycles. The Morgan fingerprint density at radius 3 is 2.27 bits per heavy atom. The van der Waals surface area contributed by atoms with E-state index in [1.165, 1.54) is 16.8 Å². The van der Waals surface area contributed by atoms with Crippen molar-refractivity contribution >= 4 is 23.2 Å². The third-order valence-corrected chi connectivity index (χ3v) is 5.55. The van der Waals surface area contributed by atoms with E-state index in [1.807, 2.05) is 55.5 Å². The standard InChI is InChI=1S/C23H23ClN4O2/c1-17-2-4-18(5-3-17)16-28-22(29)11-10-21(25-28)23(30)27-14-12-26(13-15-27)20-8-6-19(24)7-9-20/h2-11H,12-16H2,1H3. The van der Waals surface area contributed by atoms with Crippen molar-refractivity contribution in [2.75, 3.05) is 31.1 Å². The van der Waals surface area contributed by atoms with Crippen LogP contribution in [0.4, 0.5) is 5.69 Å². The Kier molecular flexibility index (Phi) is 5.86.